The number of unbranched alkanes of at least 4 members (excludes halogenated alkanes) is 2. The lowest BCUT2D eigenvalue weighted by molar-refractivity contribution is -0.128. The van der Waals surface area contributed by atoms with Crippen LogP contribution in [0, 0.1) is 5.92 Å². The Morgan fingerprint density at radius 3 is 2.50 bits per heavy atom. The minimum Gasteiger partial charge on any atom is -0.350 e. The molecule has 0 heterocycles. The summed E-state index contributed by atoms with van der Waals surface area (Å²) in [7, 11) is 0. The fourth-order valence-electron chi connectivity index (χ4n) is 1.74. The highest BCUT2D eigenvalue weighted by Crippen LogP contribution is 2.06. The Balaban J connectivity index is 4.59. The molecular weight excluding hydrogens is 258 g/mol. The van der Waals surface area contributed by atoms with Gasteiger partial charge in [-0.15, -0.1) is 0 Å². The quantitative estimate of drug-likeness (QED) is 0.254. The van der Waals surface area contributed by atoms with Gasteiger partial charge >= 0.3 is 6.03 Å². The Morgan fingerprint density at radius 2 is 2.00 bits per heavy atom. The number of carbonyl (C=O) groups excluding carboxylic acids is 2. The van der Waals surface area contributed by atoms with Crippen LogP contribution >= 0.6 is 0 Å². The predicted molar refractivity (Wildman–Crippen MR) is 79.9 cm³/mol. The highest BCUT2D eigenvalue weighted by Gasteiger charge is 2.20. The molecule has 0 rings (SSSR count). The van der Waals surface area contributed by atoms with E-state index >= 15 is 0 Å². The number of nitrogens with one attached hydrogen (secondary N) is 1. The van der Waals surface area contributed by atoms with Gasteiger partial charge < -0.3 is 16.4 Å². The second kappa shape index (κ2) is 10.2. The highest BCUT2D eigenvalue weighted by molar-refractivity contribution is 5.91. The number of amides is 3. The zero-order valence-electron chi connectivity index (χ0n) is 12.6. The van der Waals surface area contributed by atoms with Crippen LogP contribution in [-0.4, -0.2) is 35.8 Å². The minimum absolute atomic E-state index is 0.190. The van der Waals surface area contributed by atoms with Crippen LogP contribution < -0.4 is 16.9 Å². The number of nitrogens with zero attached hydrogens (tertiary/aromatic N) is 2. The first-order valence-corrected chi connectivity index (χ1v) is 7.03. The molecule has 0 aliphatic heterocycles. The van der Waals surface area contributed by atoms with Crippen molar-refractivity contribution in [1.82, 2.24) is 10.3 Å². The number of carbonyl (C=O) groups is 2. The molecule has 0 saturated carbocycles. The average Bonchev–Trinajstić information content (AvgIpc) is 2.35. The second-order valence-corrected chi connectivity index (χ2v) is 5.20. The van der Waals surface area contributed by atoms with Crippen molar-refractivity contribution in [3.63, 3.8) is 0 Å². The van der Waals surface area contributed by atoms with Gasteiger partial charge in [0, 0.05) is 6.54 Å². The van der Waals surface area contributed by atoms with Crippen molar-refractivity contribution in [2.75, 3.05) is 6.54 Å². The van der Waals surface area contributed by atoms with Gasteiger partial charge in [-0.05, 0) is 18.8 Å². The third kappa shape index (κ3) is 8.47. The number of primary amides is 1. The van der Waals surface area contributed by atoms with Crippen LogP contribution in [0.5, 0.6) is 0 Å². The van der Waals surface area contributed by atoms with Crippen LogP contribution in [0.3, 0.4) is 0 Å². The van der Waals surface area contributed by atoms with Crippen molar-refractivity contribution in [2.45, 2.75) is 52.5 Å². The summed E-state index contributed by atoms with van der Waals surface area (Å²) >= 11 is 0. The lowest BCUT2D eigenvalue weighted by Gasteiger charge is -2.22. The van der Waals surface area contributed by atoms with Crippen molar-refractivity contribution in [2.24, 2.45) is 22.5 Å². The third-order valence-corrected chi connectivity index (χ3v) is 2.70. The van der Waals surface area contributed by atoms with Crippen LogP contribution in [0.1, 0.15) is 46.5 Å². The molecule has 1 atom stereocenters. The summed E-state index contributed by atoms with van der Waals surface area (Å²) in [5, 5.41) is 3.63. The molecule has 7 heteroatoms. The maximum atomic E-state index is 12.2. The fourth-order valence-corrected chi connectivity index (χ4v) is 1.74. The zero-order chi connectivity index (χ0) is 15.5. The predicted octanol–water partition coefficient (Wildman–Crippen LogP) is 0.990. The summed E-state index contributed by atoms with van der Waals surface area (Å²) in [6.45, 7) is 6.64. The van der Waals surface area contributed by atoms with Crippen LogP contribution in [-0.2, 0) is 4.79 Å². The summed E-state index contributed by atoms with van der Waals surface area (Å²) < 4.78 is 0. The van der Waals surface area contributed by atoms with Crippen molar-refractivity contribution < 1.29 is 9.59 Å². The van der Waals surface area contributed by atoms with E-state index in [2.05, 4.69) is 17.5 Å². The molecule has 20 heavy (non-hydrogen) atoms. The lowest BCUT2D eigenvalue weighted by atomic mass is 10.0. The molecule has 0 saturated heterocycles. The van der Waals surface area contributed by atoms with Crippen LogP contribution in [0.25, 0.3) is 0 Å². The van der Waals surface area contributed by atoms with Gasteiger partial charge in [-0.1, -0.05) is 33.6 Å². The molecule has 116 valence electrons. The largest absolute Gasteiger partial charge is 0.350 e. The summed E-state index contributed by atoms with van der Waals surface area (Å²) in [5.74, 6) is 0.150. The molecule has 0 fully saturated rings. The van der Waals surface area contributed by atoms with Gasteiger partial charge in [-0.2, -0.15) is 5.10 Å². The van der Waals surface area contributed by atoms with E-state index in [-0.39, 0.29) is 5.91 Å². The normalized spacial score (nSPS) is 12.7. The molecule has 0 aliphatic carbocycles. The molecule has 0 spiro atoms. The van der Waals surface area contributed by atoms with E-state index in [1.807, 2.05) is 13.8 Å². The van der Waals surface area contributed by atoms with Crippen LogP contribution in [0.2, 0.25) is 0 Å². The molecule has 3 amide bonds. The number of hydrogen-bond donors (Lipinski definition) is 3. The van der Waals surface area contributed by atoms with Crippen molar-refractivity contribution in [3.8, 4) is 0 Å². The van der Waals surface area contributed by atoms with Gasteiger partial charge in [-0.3, -0.25) is 4.79 Å². The average molecular weight is 285 g/mol. The number of hydrazone groups is 1. The van der Waals surface area contributed by atoms with Gasteiger partial charge in [0.1, 0.15) is 6.34 Å². The fraction of sp³-hybridized carbons (Fsp3) is 0.769. The van der Waals surface area contributed by atoms with E-state index in [1.165, 1.54) is 11.2 Å². The maximum absolute atomic E-state index is 12.2. The first-order chi connectivity index (χ1) is 9.38. The molecule has 0 radical (unpaired) electrons. The molecule has 0 aromatic heterocycles. The van der Waals surface area contributed by atoms with Crippen molar-refractivity contribution in [3.05, 3.63) is 0 Å². The Kier molecular flexibility index (Phi) is 9.36. The Hall–Kier alpha value is -1.63. The standard InChI is InChI=1S/C13H27N5O2/c1-4-5-6-7-18(9-16-17-13(15)20)12(19)11(14)8-10(2)3/h9-11H,4-8,14H2,1-3H3,(H3,15,17,20)/t11-/m0/s1. The molecule has 5 N–H and O–H groups in total. The van der Waals surface area contributed by atoms with Gasteiger partial charge in [0.2, 0.25) is 5.91 Å². The Labute approximate surface area is 120 Å². The SMILES string of the molecule is CCCCCN(C=NNC(N)=O)C(=O)[C@@H](N)CC(C)C. The van der Waals surface area contributed by atoms with Gasteiger partial charge in [0.15, 0.2) is 0 Å². The van der Waals surface area contributed by atoms with E-state index in [4.69, 9.17) is 11.5 Å². The summed E-state index contributed by atoms with van der Waals surface area (Å²) in [5.41, 5.74) is 12.9. The summed E-state index contributed by atoms with van der Waals surface area (Å²) in [6, 6.07) is -1.33. The molecule has 0 aromatic rings. The number of urea groups is 1. The number of hydrogen-bond acceptors (Lipinski definition) is 4. The molecule has 0 bridgehead atoms. The Bertz CT molecular complexity index is 331. The van der Waals surface area contributed by atoms with Crippen molar-refractivity contribution >= 4 is 18.3 Å². The third-order valence-electron chi connectivity index (χ3n) is 2.70. The smallest absolute Gasteiger partial charge is 0.332 e. The van der Waals surface area contributed by atoms with E-state index in [0.717, 1.165) is 19.3 Å². The van der Waals surface area contributed by atoms with Gasteiger partial charge in [0.05, 0.1) is 6.04 Å². The topological polar surface area (TPSA) is 114 Å². The minimum atomic E-state index is -0.770. The molecule has 0 aliphatic rings. The Morgan fingerprint density at radius 1 is 1.35 bits per heavy atom. The monoisotopic (exact) mass is 285 g/mol. The van der Waals surface area contributed by atoms with E-state index in [1.54, 1.807) is 0 Å². The maximum Gasteiger partial charge on any atom is 0.332 e. The van der Waals surface area contributed by atoms with E-state index < -0.39 is 12.1 Å². The lowest BCUT2D eigenvalue weighted by Crippen LogP contribution is -2.44. The number of nitrogens with two attached hydrogens (primary N) is 2. The van der Waals surface area contributed by atoms with Crippen LogP contribution in [0.15, 0.2) is 5.10 Å². The van der Waals surface area contributed by atoms with Gasteiger partial charge in [0.25, 0.3) is 0 Å². The molecule has 0 unspecified atom stereocenters. The summed E-state index contributed by atoms with van der Waals surface area (Å²) in [6.07, 6.45) is 4.82. The zero-order valence-corrected chi connectivity index (χ0v) is 12.6. The highest BCUT2D eigenvalue weighted by atomic mass is 16.2. The van der Waals surface area contributed by atoms with E-state index in [0.29, 0.717) is 18.9 Å². The summed E-state index contributed by atoms with van der Waals surface area (Å²) in [4.78, 5) is 24.2. The first kappa shape index (κ1) is 18.4. The molecule has 0 aromatic carbocycles. The number of rotatable bonds is 9. The molecule has 7 nitrogen and oxygen atoms in total. The second-order valence-electron chi connectivity index (χ2n) is 5.20. The van der Waals surface area contributed by atoms with Gasteiger partial charge in [-0.25, -0.2) is 10.2 Å². The van der Waals surface area contributed by atoms with E-state index in [9.17, 15) is 9.59 Å². The van der Waals surface area contributed by atoms with Crippen LogP contribution in [0.4, 0.5) is 4.79 Å². The first-order valence-electron chi connectivity index (χ1n) is 7.03. The van der Waals surface area contributed by atoms with Crippen molar-refractivity contribution in [1.29, 1.82) is 0 Å². The molecular formula is C13H27N5O2.